The SMILES string of the molecule is CC(Cc1ccccc1)NC(=O)C1=CC(Nc2ccccc2)=CCC1. The van der Waals surface area contributed by atoms with Gasteiger partial charge in [-0.3, -0.25) is 4.79 Å². The Hall–Kier alpha value is -2.81. The minimum Gasteiger partial charge on any atom is -0.356 e. The zero-order valence-corrected chi connectivity index (χ0v) is 14.5. The number of para-hydroxylation sites is 1. The first-order valence-electron chi connectivity index (χ1n) is 8.78. The Morgan fingerprint density at radius 2 is 1.72 bits per heavy atom. The summed E-state index contributed by atoms with van der Waals surface area (Å²) in [6.45, 7) is 2.05. The molecule has 3 heteroatoms. The molecule has 1 amide bonds. The summed E-state index contributed by atoms with van der Waals surface area (Å²) in [7, 11) is 0. The number of allylic oxidation sites excluding steroid dienone is 2. The number of benzene rings is 2. The second kappa shape index (κ2) is 8.34. The zero-order valence-electron chi connectivity index (χ0n) is 14.5. The normalized spacial score (nSPS) is 14.9. The average molecular weight is 332 g/mol. The topological polar surface area (TPSA) is 41.1 Å². The molecule has 0 aromatic heterocycles. The van der Waals surface area contributed by atoms with E-state index in [4.69, 9.17) is 0 Å². The molecule has 3 rings (SSSR count). The summed E-state index contributed by atoms with van der Waals surface area (Å²) < 4.78 is 0. The van der Waals surface area contributed by atoms with Gasteiger partial charge in [0, 0.05) is 23.0 Å². The molecule has 0 bridgehead atoms. The number of carbonyl (C=O) groups excluding carboxylic acids is 1. The van der Waals surface area contributed by atoms with Crippen molar-refractivity contribution in [3.05, 3.63) is 89.6 Å². The highest BCUT2D eigenvalue weighted by Crippen LogP contribution is 2.20. The van der Waals surface area contributed by atoms with Gasteiger partial charge in [-0.25, -0.2) is 0 Å². The van der Waals surface area contributed by atoms with Crippen molar-refractivity contribution in [1.29, 1.82) is 0 Å². The van der Waals surface area contributed by atoms with Crippen LogP contribution in [0.3, 0.4) is 0 Å². The highest BCUT2D eigenvalue weighted by atomic mass is 16.1. The van der Waals surface area contributed by atoms with E-state index in [0.29, 0.717) is 0 Å². The first-order valence-corrected chi connectivity index (χ1v) is 8.78. The third-order valence-electron chi connectivity index (χ3n) is 4.22. The van der Waals surface area contributed by atoms with Gasteiger partial charge in [0.25, 0.3) is 0 Å². The van der Waals surface area contributed by atoms with Crippen LogP contribution in [0.2, 0.25) is 0 Å². The van der Waals surface area contributed by atoms with Gasteiger partial charge in [0.2, 0.25) is 5.91 Å². The minimum atomic E-state index is 0.0314. The molecule has 2 aromatic carbocycles. The van der Waals surface area contributed by atoms with Crippen molar-refractivity contribution >= 4 is 11.6 Å². The van der Waals surface area contributed by atoms with Crippen molar-refractivity contribution in [2.75, 3.05) is 5.32 Å². The fourth-order valence-electron chi connectivity index (χ4n) is 2.99. The van der Waals surface area contributed by atoms with Crippen molar-refractivity contribution in [2.45, 2.75) is 32.2 Å². The van der Waals surface area contributed by atoms with Gasteiger partial charge in [-0.1, -0.05) is 54.6 Å². The van der Waals surface area contributed by atoms with Gasteiger partial charge < -0.3 is 10.6 Å². The van der Waals surface area contributed by atoms with E-state index in [-0.39, 0.29) is 11.9 Å². The average Bonchev–Trinajstić information content (AvgIpc) is 2.63. The van der Waals surface area contributed by atoms with Gasteiger partial charge in [0.15, 0.2) is 0 Å². The van der Waals surface area contributed by atoms with Crippen LogP contribution >= 0.6 is 0 Å². The molecule has 0 spiro atoms. The van der Waals surface area contributed by atoms with Crippen LogP contribution in [0.4, 0.5) is 5.69 Å². The highest BCUT2D eigenvalue weighted by Gasteiger charge is 2.15. The third kappa shape index (κ3) is 5.08. The Balaban J connectivity index is 1.58. The molecule has 0 saturated heterocycles. The first-order chi connectivity index (χ1) is 12.2. The third-order valence-corrected chi connectivity index (χ3v) is 4.22. The van der Waals surface area contributed by atoms with Gasteiger partial charge in [-0.15, -0.1) is 0 Å². The van der Waals surface area contributed by atoms with E-state index in [1.807, 2.05) is 61.5 Å². The fourth-order valence-corrected chi connectivity index (χ4v) is 2.99. The Labute approximate surface area is 149 Å². The van der Waals surface area contributed by atoms with E-state index < -0.39 is 0 Å². The Morgan fingerprint density at radius 1 is 1.04 bits per heavy atom. The standard InChI is InChI=1S/C22H24N2O/c1-17(15-18-9-4-2-5-10-18)23-22(25)19-11-8-14-21(16-19)24-20-12-6-3-7-13-20/h2-7,9-10,12-14,16-17,24H,8,11,15H2,1H3,(H,23,25). The number of carbonyl (C=O) groups is 1. The highest BCUT2D eigenvalue weighted by molar-refractivity contribution is 5.94. The van der Waals surface area contributed by atoms with Gasteiger partial charge in [-0.2, -0.15) is 0 Å². The van der Waals surface area contributed by atoms with Crippen molar-refractivity contribution in [3.8, 4) is 0 Å². The van der Waals surface area contributed by atoms with Crippen molar-refractivity contribution in [3.63, 3.8) is 0 Å². The monoisotopic (exact) mass is 332 g/mol. The van der Waals surface area contributed by atoms with Crippen LogP contribution in [-0.4, -0.2) is 11.9 Å². The minimum absolute atomic E-state index is 0.0314. The van der Waals surface area contributed by atoms with Crippen molar-refractivity contribution in [1.82, 2.24) is 5.32 Å². The van der Waals surface area contributed by atoms with E-state index >= 15 is 0 Å². The predicted molar refractivity (Wildman–Crippen MR) is 103 cm³/mol. The van der Waals surface area contributed by atoms with E-state index in [1.165, 1.54) is 5.56 Å². The van der Waals surface area contributed by atoms with Gasteiger partial charge in [0.05, 0.1) is 0 Å². The van der Waals surface area contributed by atoms with Crippen LogP contribution in [0.15, 0.2) is 84.1 Å². The quantitative estimate of drug-likeness (QED) is 0.820. The summed E-state index contributed by atoms with van der Waals surface area (Å²) in [4.78, 5) is 12.6. The first kappa shape index (κ1) is 17.0. The van der Waals surface area contributed by atoms with E-state index in [1.54, 1.807) is 0 Å². The summed E-state index contributed by atoms with van der Waals surface area (Å²) in [6, 6.07) is 20.4. The smallest absolute Gasteiger partial charge is 0.247 e. The molecule has 1 atom stereocenters. The number of nitrogens with one attached hydrogen (secondary N) is 2. The Bertz CT molecular complexity index is 763. The lowest BCUT2D eigenvalue weighted by atomic mass is 10.0. The van der Waals surface area contributed by atoms with Crippen LogP contribution in [0, 0.1) is 0 Å². The molecular weight excluding hydrogens is 308 g/mol. The Kier molecular flexibility index (Phi) is 5.68. The van der Waals surface area contributed by atoms with Crippen molar-refractivity contribution < 1.29 is 4.79 Å². The summed E-state index contributed by atoms with van der Waals surface area (Å²) >= 11 is 0. The maximum absolute atomic E-state index is 12.6. The predicted octanol–water partition coefficient (Wildman–Crippen LogP) is 4.45. The zero-order chi connectivity index (χ0) is 17.5. The van der Waals surface area contributed by atoms with E-state index in [2.05, 4.69) is 28.8 Å². The number of hydrogen-bond donors (Lipinski definition) is 2. The molecule has 1 aliphatic carbocycles. The van der Waals surface area contributed by atoms with Crippen LogP contribution < -0.4 is 10.6 Å². The lowest BCUT2D eigenvalue weighted by molar-refractivity contribution is -0.118. The van der Waals surface area contributed by atoms with E-state index in [9.17, 15) is 4.79 Å². The number of anilines is 1. The summed E-state index contributed by atoms with van der Waals surface area (Å²) in [5, 5.41) is 6.48. The van der Waals surface area contributed by atoms with Gasteiger partial charge in [0.1, 0.15) is 0 Å². The molecule has 1 unspecified atom stereocenters. The van der Waals surface area contributed by atoms with Crippen LogP contribution in [0.1, 0.15) is 25.3 Å². The fraction of sp³-hybridized carbons (Fsp3) is 0.227. The van der Waals surface area contributed by atoms with Crippen LogP contribution in [0.25, 0.3) is 0 Å². The summed E-state index contributed by atoms with van der Waals surface area (Å²) in [6.07, 6.45) is 6.59. The molecule has 0 radical (unpaired) electrons. The van der Waals surface area contributed by atoms with Gasteiger partial charge >= 0.3 is 0 Å². The lowest BCUT2D eigenvalue weighted by Crippen LogP contribution is -2.35. The Morgan fingerprint density at radius 3 is 2.44 bits per heavy atom. The molecular formula is C22H24N2O. The molecule has 0 fully saturated rings. The summed E-state index contributed by atoms with van der Waals surface area (Å²) in [5.41, 5.74) is 4.09. The van der Waals surface area contributed by atoms with Gasteiger partial charge in [-0.05, 0) is 50.0 Å². The number of hydrogen-bond acceptors (Lipinski definition) is 2. The molecule has 2 aromatic rings. The molecule has 3 nitrogen and oxygen atoms in total. The second-order valence-electron chi connectivity index (χ2n) is 6.42. The summed E-state index contributed by atoms with van der Waals surface area (Å²) in [5.74, 6) is 0.0314. The molecule has 0 saturated carbocycles. The maximum Gasteiger partial charge on any atom is 0.247 e. The molecule has 0 heterocycles. The van der Waals surface area contributed by atoms with Crippen LogP contribution in [-0.2, 0) is 11.2 Å². The van der Waals surface area contributed by atoms with E-state index in [0.717, 1.165) is 36.2 Å². The largest absolute Gasteiger partial charge is 0.356 e. The lowest BCUT2D eigenvalue weighted by Gasteiger charge is -2.18. The molecule has 2 N–H and O–H groups in total. The molecule has 1 aliphatic rings. The molecule has 128 valence electrons. The molecule has 25 heavy (non-hydrogen) atoms. The maximum atomic E-state index is 12.6. The number of rotatable bonds is 6. The van der Waals surface area contributed by atoms with Crippen molar-refractivity contribution in [2.24, 2.45) is 0 Å². The number of amides is 1. The second-order valence-corrected chi connectivity index (χ2v) is 6.42. The van der Waals surface area contributed by atoms with Crippen LogP contribution in [0.5, 0.6) is 0 Å². The molecule has 0 aliphatic heterocycles.